The Morgan fingerprint density at radius 2 is 1.66 bits per heavy atom. The van der Waals surface area contributed by atoms with Crippen LogP contribution in [-0.4, -0.2) is 38.7 Å². The summed E-state index contributed by atoms with van der Waals surface area (Å²) in [6.45, 7) is 7.85. The number of benzene rings is 2. The van der Waals surface area contributed by atoms with Gasteiger partial charge in [0.05, 0.1) is 11.4 Å². The van der Waals surface area contributed by atoms with E-state index in [1.54, 1.807) is 33.8 Å². The molecule has 1 aliphatic carbocycles. The first kappa shape index (κ1) is 27.1. The van der Waals surface area contributed by atoms with Gasteiger partial charge in [0.2, 0.25) is 5.91 Å². The van der Waals surface area contributed by atoms with Crippen molar-refractivity contribution in [1.29, 1.82) is 0 Å². The lowest BCUT2D eigenvalue weighted by molar-refractivity contribution is -0.124. The third-order valence-corrected chi connectivity index (χ3v) is 7.26. The van der Waals surface area contributed by atoms with Gasteiger partial charge in [-0.3, -0.25) is 14.5 Å². The minimum atomic E-state index is -1.11. The van der Waals surface area contributed by atoms with Gasteiger partial charge in [-0.05, 0) is 88.3 Å². The highest BCUT2D eigenvalue weighted by Gasteiger charge is 2.35. The van der Waals surface area contributed by atoms with Crippen LogP contribution in [0, 0.1) is 11.8 Å². The number of rotatable bonds is 8. The maximum Gasteiger partial charge on any atom is 0.341 e. The van der Waals surface area contributed by atoms with Crippen molar-refractivity contribution >= 4 is 29.3 Å². The van der Waals surface area contributed by atoms with Crippen LogP contribution in [0.4, 0.5) is 11.5 Å². The molecular formula is C30H36N4O4. The van der Waals surface area contributed by atoms with Crippen LogP contribution >= 0.6 is 0 Å². The maximum absolute atomic E-state index is 13.7. The number of carbonyl (C=O) groups is 3. The molecule has 8 heteroatoms. The number of carbonyl (C=O) groups excluding carboxylic acids is 2. The maximum atomic E-state index is 13.7. The van der Waals surface area contributed by atoms with Crippen molar-refractivity contribution in [2.75, 3.05) is 10.2 Å². The Balaban J connectivity index is 1.68. The fraction of sp³-hybridized carbons (Fsp3) is 0.400. The molecule has 3 aromatic rings. The average molecular weight is 517 g/mol. The van der Waals surface area contributed by atoms with Crippen molar-refractivity contribution in [1.82, 2.24) is 9.78 Å². The van der Waals surface area contributed by atoms with Crippen molar-refractivity contribution in [3.8, 4) is 5.69 Å². The summed E-state index contributed by atoms with van der Waals surface area (Å²) >= 11 is 0. The molecule has 2 N–H and O–H groups in total. The SMILES string of the molecule is CCc1c(C(=O)O)c(N(C(=O)[C@H]2CC[C@H](C)CC2)C(C)C)nn1-c1ccc(C(=O)Nc2ccccc2)cc1. The Kier molecular flexibility index (Phi) is 8.29. The number of carboxylic acids is 1. The average Bonchev–Trinajstić information content (AvgIpc) is 3.29. The number of hydrogen-bond acceptors (Lipinski definition) is 4. The molecule has 1 aromatic heterocycles. The summed E-state index contributed by atoms with van der Waals surface area (Å²) in [6.07, 6.45) is 4.00. The first-order chi connectivity index (χ1) is 18.2. The van der Waals surface area contributed by atoms with Crippen molar-refractivity contribution in [2.24, 2.45) is 11.8 Å². The van der Waals surface area contributed by atoms with Gasteiger partial charge in [-0.25, -0.2) is 9.48 Å². The minimum absolute atomic E-state index is 0.0459. The van der Waals surface area contributed by atoms with E-state index in [0.717, 1.165) is 25.7 Å². The molecule has 0 aliphatic heterocycles. The molecule has 0 radical (unpaired) electrons. The summed E-state index contributed by atoms with van der Waals surface area (Å²) in [4.78, 5) is 40.4. The van der Waals surface area contributed by atoms with Gasteiger partial charge in [0.15, 0.2) is 5.82 Å². The molecule has 1 heterocycles. The van der Waals surface area contributed by atoms with Crippen LogP contribution in [0.2, 0.25) is 0 Å². The molecule has 2 amide bonds. The summed E-state index contributed by atoms with van der Waals surface area (Å²) < 4.78 is 1.59. The van der Waals surface area contributed by atoms with Crippen LogP contribution < -0.4 is 10.2 Å². The van der Waals surface area contributed by atoms with Crippen LogP contribution in [0.25, 0.3) is 5.69 Å². The Morgan fingerprint density at radius 1 is 1.03 bits per heavy atom. The van der Waals surface area contributed by atoms with Gasteiger partial charge in [-0.1, -0.05) is 32.0 Å². The van der Waals surface area contributed by atoms with Gasteiger partial charge < -0.3 is 10.4 Å². The largest absolute Gasteiger partial charge is 0.477 e. The number of anilines is 2. The number of carboxylic acid groups (broad SMARTS) is 1. The summed E-state index contributed by atoms with van der Waals surface area (Å²) in [7, 11) is 0. The van der Waals surface area contributed by atoms with Gasteiger partial charge in [-0.2, -0.15) is 0 Å². The van der Waals surface area contributed by atoms with E-state index in [1.807, 2.05) is 51.1 Å². The molecule has 200 valence electrons. The summed E-state index contributed by atoms with van der Waals surface area (Å²) in [6, 6.07) is 15.8. The molecule has 2 aromatic carbocycles. The number of hydrogen-bond donors (Lipinski definition) is 2. The number of aromatic nitrogens is 2. The third-order valence-electron chi connectivity index (χ3n) is 7.26. The first-order valence-electron chi connectivity index (χ1n) is 13.4. The van der Waals surface area contributed by atoms with Gasteiger partial charge in [0, 0.05) is 23.2 Å². The van der Waals surface area contributed by atoms with E-state index >= 15 is 0 Å². The minimum Gasteiger partial charge on any atom is -0.477 e. The van der Waals surface area contributed by atoms with Crippen molar-refractivity contribution in [2.45, 2.75) is 65.8 Å². The fourth-order valence-electron chi connectivity index (χ4n) is 5.15. The molecule has 0 unspecified atom stereocenters. The lowest BCUT2D eigenvalue weighted by Crippen LogP contribution is -2.43. The van der Waals surface area contributed by atoms with Gasteiger partial charge in [0.1, 0.15) is 5.56 Å². The molecule has 0 saturated heterocycles. The van der Waals surface area contributed by atoms with E-state index < -0.39 is 5.97 Å². The Hall–Kier alpha value is -3.94. The van der Waals surface area contributed by atoms with Crippen LogP contribution in [-0.2, 0) is 11.2 Å². The summed E-state index contributed by atoms with van der Waals surface area (Å²) in [5.41, 5.74) is 2.33. The van der Waals surface area contributed by atoms with Crippen LogP contribution in [0.15, 0.2) is 54.6 Å². The van der Waals surface area contributed by atoms with E-state index in [4.69, 9.17) is 5.10 Å². The zero-order valence-electron chi connectivity index (χ0n) is 22.5. The third kappa shape index (κ3) is 5.64. The molecular weight excluding hydrogens is 480 g/mol. The van der Waals surface area contributed by atoms with E-state index in [-0.39, 0.29) is 35.2 Å². The zero-order valence-corrected chi connectivity index (χ0v) is 22.5. The van der Waals surface area contributed by atoms with E-state index in [2.05, 4.69) is 12.2 Å². The fourth-order valence-corrected chi connectivity index (χ4v) is 5.15. The second kappa shape index (κ2) is 11.6. The number of aromatic carboxylic acids is 1. The predicted molar refractivity (Wildman–Crippen MR) is 148 cm³/mol. The Morgan fingerprint density at radius 3 is 2.21 bits per heavy atom. The summed E-state index contributed by atoms with van der Waals surface area (Å²) in [5.74, 6) is -0.770. The highest BCUT2D eigenvalue weighted by molar-refractivity contribution is 6.04. The second-order valence-electron chi connectivity index (χ2n) is 10.3. The molecule has 1 aliphatic rings. The topological polar surface area (TPSA) is 105 Å². The second-order valence-corrected chi connectivity index (χ2v) is 10.3. The van der Waals surface area contributed by atoms with Crippen molar-refractivity contribution in [3.63, 3.8) is 0 Å². The monoisotopic (exact) mass is 516 g/mol. The predicted octanol–water partition coefficient (Wildman–Crippen LogP) is 5.95. The van der Waals surface area contributed by atoms with E-state index in [1.165, 1.54) is 0 Å². The lowest BCUT2D eigenvalue weighted by atomic mass is 9.82. The molecule has 8 nitrogen and oxygen atoms in total. The van der Waals surface area contributed by atoms with Crippen LogP contribution in [0.1, 0.15) is 79.8 Å². The lowest BCUT2D eigenvalue weighted by Gasteiger charge is -2.32. The molecule has 0 bridgehead atoms. The zero-order chi connectivity index (χ0) is 27.4. The number of para-hydroxylation sites is 1. The molecule has 38 heavy (non-hydrogen) atoms. The van der Waals surface area contributed by atoms with Gasteiger partial charge in [0.25, 0.3) is 5.91 Å². The summed E-state index contributed by atoms with van der Waals surface area (Å²) in [5, 5.41) is 17.8. The standard InChI is InChI=1S/C30H36N4O4/c1-5-25-26(30(37)38)27(33(19(2)3)29(36)22-13-11-20(4)12-14-22)32-34(25)24-17-15-21(16-18-24)28(35)31-23-9-7-6-8-10-23/h6-10,15-20,22H,5,11-14H2,1-4H3,(H,31,35)(H,37,38)/t20-,22-. The Bertz CT molecular complexity index is 1290. The van der Waals surface area contributed by atoms with Crippen molar-refractivity contribution < 1.29 is 19.5 Å². The normalized spacial score (nSPS) is 17.3. The first-order valence-corrected chi connectivity index (χ1v) is 13.4. The van der Waals surface area contributed by atoms with E-state index in [9.17, 15) is 19.5 Å². The highest BCUT2D eigenvalue weighted by atomic mass is 16.4. The Labute approximate surface area is 223 Å². The molecule has 0 spiro atoms. The number of nitrogens with one attached hydrogen (secondary N) is 1. The number of amides is 2. The van der Waals surface area contributed by atoms with E-state index in [0.29, 0.717) is 35.0 Å². The van der Waals surface area contributed by atoms with Gasteiger partial charge >= 0.3 is 5.97 Å². The molecule has 0 atom stereocenters. The molecule has 1 saturated carbocycles. The van der Waals surface area contributed by atoms with Crippen LogP contribution in [0.3, 0.4) is 0 Å². The quantitative estimate of drug-likeness (QED) is 0.385. The number of nitrogens with zero attached hydrogens (tertiary/aromatic N) is 3. The molecule has 4 rings (SSSR count). The van der Waals surface area contributed by atoms with Crippen LogP contribution in [0.5, 0.6) is 0 Å². The highest BCUT2D eigenvalue weighted by Crippen LogP contribution is 2.34. The smallest absolute Gasteiger partial charge is 0.341 e. The van der Waals surface area contributed by atoms with Gasteiger partial charge in [-0.15, -0.1) is 5.10 Å². The van der Waals surface area contributed by atoms with Crippen molar-refractivity contribution in [3.05, 3.63) is 71.4 Å². The molecule has 1 fully saturated rings.